The van der Waals surface area contributed by atoms with Gasteiger partial charge in [0.2, 0.25) is 0 Å². The summed E-state index contributed by atoms with van der Waals surface area (Å²) in [6.45, 7) is -1.45. The van der Waals surface area contributed by atoms with Crippen molar-refractivity contribution in [3.05, 3.63) is 59.4 Å². The van der Waals surface area contributed by atoms with Gasteiger partial charge in [0.15, 0.2) is 11.6 Å². The van der Waals surface area contributed by atoms with Crippen molar-refractivity contribution in [3.8, 4) is 5.75 Å². The van der Waals surface area contributed by atoms with Crippen molar-refractivity contribution in [1.29, 1.82) is 0 Å². The van der Waals surface area contributed by atoms with Gasteiger partial charge >= 0.3 is 6.18 Å². The summed E-state index contributed by atoms with van der Waals surface area (Å²) in [4.78, 5) is 13.2. The van der Waals surface area contributed by atoms with Crippen LogP contribution in [0.2, 0.25) is 0 Å². The fourth-order valence-corrected chi connectivity index (χ4v) is 2.76. The Bertz CT molecular complexity index is 807. The van der Waals surface area contributed by atoms with E-state index >= 15 is 0 Å². The molecule has 1 heterocycles. The van der Waals surface area contributed by atoms with E-state index in [-0.39, 0.29) is 16.9 Å². The minimum Gasteiger partial charge on any atom is -0.494 e. The molecule has 3 rings (SSSR count). The van der Waals surface area contributed by atoms with Crippen molar-refractivity contribution in [2.45, 2.75) is 12.3 Å². The second-order valence-corrected chi connectivity index (χ2v) is 5.53. The summed E-state index contributed by atoms with van der Waals surface area (Å²) in [5, 5.41) is 2.88. The lowest BCUT2D eigenvalue weighted by Gasteiger charge is -2.38. The third kappa shape index (κ3) is 3.38. The topological polar surface area (TPSA) is 41.6 Å². The molecule has 1 aliphatic heterocycles. The van der Waals surface area contributed by atoms with Gasteiger partial charge in [-0.1, -0.05) is 18.2 Å². The highest BCUT2D eigenvalue weighted by molar-refractivity contribution is 6.01. The van der Waals surface area contributed by atoms with Gasteiger partial charge in [-0.25, -0.2) is 4.39 Å². The van der Waals surface area contributed by atoms with Crippen LogP contribution in [0.4, 0.5) is 23.2 Å². The summed E-state index contributed by atoms with van der Waals surface area (Å²) < 4.78 is 57.7. The average Bonchev–Trinajstić information content (AvgIpc) is 2.56. The van der Waals surface area contributed by atoms with Crippen LogP contribution in [-0.4, -0.2) is 30.6 Å². The number of benzene rings is 2. The lowest BCUT2D eigenvalue weighted by Crippen LogP contribution is -2.47. The monoisotopic (exact) mass is 354 g/mol. The number of amides is 1. The number of para-hydroxylation sites is 1. The summed E-state index contributed by atoms with van der Waals surface area (Å²) in [5.41, 5.74) is 0.717. The Kier molecular flexibility index (Phi) is 4.28. The lowest BCUT2D eigenvalue weighted by atomic mass is 10.0. The quantitative estimate of drug-likeness (QED) is 0.849. The highest BCUT2D eigenvalue weighted by Crippen LogP contribution is 2.36. The van der Waals surface area contributed by atoms with E-state index in [0.717, 1.165) is 6.07 Å². The molecule has 132 valence electrons. The number of carbonyl (C=O) groups excluding carboxylic acids is 1. The van der Waals surface area contributed by atoms with Gasteiger partial charge in [-0.15, -0.1) is 0 Å². The largest absolute Gasteiger partial charge is 0.494 e. The molecule has 2 aromatic rings. The van der Waals surface area contributed by atoms with Gasteiger partial charge in [0.25, 0.3) is 5.91 Å². The molecule has 1 atom stereocenters. The van der Waals surface area contributed by atoms with E-state index in [2.05, 4.69) is 5.32 Å². The Balaban J connectivity index is 2.05. The predicted octanol–water partition coefficient (Wildman–Crippen LogP) is 3.96. The van der Waals surface area contributed by atoms with Crippen LogP contribution >= 0.6 is 0 Å². The second kappa shape index (κ2) is 6.27. The number of fused-ring (bicyclic) bond motifs is 1. The molecule has 0 saturated carbocycles. The SMILES string of the molecule is COc1ccc([C@@H]2Nc3ccccc3C(=O)N2CC(F)(F)F)cc1F. The molecule has 1 N–H and O–H groups in total. The molecular weight excluding hydrogens is 340 g/mol. The number of nitrogens with zero attached hydrogens (tertiary/aromatic N) is 1. The first-order valence-electron chi connectivity index (χ1n) is 7.37. The van der Waals surface area contributed by atoms with Crippen molar-refractivity contribution in [2.75, 3.05) is 19.0 Å². The second-order valence-electron chi connectivity index (χ2n) is 5.53. The molecule has 1 aliphatic rings. The fraction of sp³-hybridized carbons (Fsp3) is 0.235. The molecule has 0 bridgehead atoms. The van der Waals surface area contributed by atoms with E-state index in [1.807, 2.05) is 0 Å². The maximum Gasteiger partial charge on any atom is 0.406 e. The van der Waals surface area contributed by atoms with Gasteiger partial charge in [0, 0.05) is 5.69 Å². The zero-order chi connectivity index (χ0) is 18.2. The molecule has 0 aliphatic carbocycles. The van der Waals surface area contributed by atoms with Gasteiger partial charge < -0.3 is 15.0 Å². The Morgan fingerprint density at radius 2 is 1.92 bits per heavy atom. The van der Waals surface area contributed by atoms with Gasteiger partial charge in [-0.3, -0.25) is 4.79 Å². The smallest absolute Gasteiger partial charge is 0.406 e. The number of hydrogen-bond donors (Lipinski definition) is 1. The third-order valence-electron chi connectivity index (χ3n) is 3.86. The summed E-state index contributed by atoms with van der Waals surface area (Å²) in [7, 11) is 1.28. The Morgan fingerprint density at radius 1 is 1.20 bits per heavy atom. The highest BCUT2D eigenvalue weighted by Gasteiger charge is 2.40. The first kappa shape index (κ1) is 17.1. The Labute approximate surface area is 141 Å². The molecule has 0 radical (unpaired) electrons. The van der Waals surface area contributed by atoms with Crippen molar-refractivity contribution in [3.63, 3.8) is 0 Å². The lowest BCUT2D eigenvalue weighted by molar-refractivity contribution is -0.144. The maximum absolute atomic E-state index is 14.0. The number of rotatable bonds is 3. The van der Waals surface area contributed by atoms with Crippen LogP contribution in [0.3, 0.4) is 0 Å². The summed E-state index contributed by atoms with van der Waals surface area (Å²) in [5.74, 6) is -1.53. The molecule has 8 heteroatoms. The first-order valence-corrected chi connectivity index (χ1v) is 7.37. The molecule has 0 fully saturated rings. The van der Waals surface area contributed by atoms with Crippen LogP contribution in [0.25, 0.3) is 0 Å². The van der Waals surface area contributed by atoms with E-state index in [1.54, 1.807) is 18.2 Å². The third-order valence-corrected chi connectivity index (χ3v) is 3.86. The molecule has 0 spiro atoms. The van der Waals surface area contributed by atoms with Gasteiger partial charge in [-0.05, 0) is 29.8 Å². The molecule has 4 nitrogen and oxygen atoms in total. The van der Waals surface area contributed by atoms with Crippen molar-refractivity contribution < 1.29 is 27.1 Å². The molecular formula is C17H14F4N2O2. The van der Waals surface area contributed by atoms with E-state index in [4.69, 9.17) is 4.74 Å². The normalized spacial score (nSPS) is 17.1. The number of alkyl halides is 3. The minimum atomic E-state index is -4.59. The number of nitrogens with one attached hydrogen (secondary N) is 1. The molecule has 0 unspecified atom stereocenters. The standard InChI is InChI=1S/C17H14F4N2O2/c1-25-14-7-6-10(8-12(14)18)15-22-13-5-3-2-4-11(13)16(24)23(15)9-17(19,20)21/h2-8,15,22H,9H2,1H3/t15-/m1/s1. The molecule has 0 aromatic heterocycles. The number of carbonyl (C=O) groups is 1. The minimum absolute atomic E-state index is 0.0337. The van der Waals surface area contributed by atoms with Crippen LogP contribution in [0.15, 0.2) is 42.5 Å². The summed E-state index contributed by atoms with van der Waals surface area (Å²) in [6.07, 6.45) is -5.74. The van der Waals surface area contributed by atoms with Gasteiger partial charge in [0.05, 0.1) is 12.7 Å². The van der Waals surface area contributed by atoms with E-state index in [1.165, 1.54) is 25.3 Å². The zero-order valence-electron chi connectivity index (χ0n) is 13.1. The number of halogens is 4. The average molecular weight is 354 g/mol. The zero-order valence-corrected chi connectivity index (χ0v) is 13.1. The van der Waals surface area contributed by atoms with E-state index in [0.29, 0.717) is 10.6 Å². The number of hydrogen-bond acceptors (Lipinski definition) is 3. The van der Waals surface area contributed by atoms with Crippen LogP contribution in [0.5, 0.6) is 5.75 Å². The fourth-order valence-electron chi connectivity index (χ4n) is 2.76. The summed E-state index contributed by atoms with van der Waals surface area (Å²) >= 11 is 0. The number of anilines is 1. The molecule has 1 amide bonds. The van der Waals surface area contributed by atoms with Crippen molar-refractivity contribution >= 4 is 11.6 Å². The summed E-state index contributed by atoms with van der Waals surface area (Å²) in [6, 6.07) is 10.0. The molecule has 25 heavy (non-hydrogen) atoms. The van der Waals surface area contributed by atoms with Crippen LogP contribution in [0, 0.1) is 5.82 Å². The number of methoxy groups -OCH3 is 1. The highest BCUT2D eigenvalue weighted by atomic mass is 19.4. The number of ether oxygens (including phenoxy) is 1. The van der Waals surface area contributed by atoms with Crippen molar-refractivity contribution in [2.24, 2.45) is 0 Å². The van der Waals surface area contributed by atoms with Gasteiger partial charge in [-0.2, -0.15) is 13.2 Å². The van der Waals surface area contributed by atoms with Crippen LogP contribution in [0.1, 0.15) is 22.1 Å². The van der Waals surface area contributed by atoms with Crippen LogP contribution in [-0.2, 0) is 0 Å². The van der Waals surface area contributed by atoms with E-state index < -0.39 is 30.6 Å². The molecule has 2 aromatic carbocycles. The van der Waals surface area contributed by atoms with Crippen molar-refractivity contribution in [1.82, 2.24) is 4.90 Å². The van der Waals surface area contributed by atoms with Crippen LogP contribution < -0.4 is 10.1 Å². The predicted molar refractivity (Wildman–Crippen MR) is 82.8 cm³/mol. The van der Waals surface area contributed by atoms with E-state index in [9.17, 15) is 22.4 Å². The Hall–Kier alpha value is -2.77. The first-order chi connectivity index (χ1) is 11.8. The van der Waals surface area contributed by atoms with Gasteiger partial charge in [0.1, 0.15) is 12.7 Å². The maximum atomic E-state index is 14.0. The molecule has 0 saturated heterocycles. The Morgan fingerprint density at radius 3 is 2.56 bits per heavy atom.